The molecule has 0 radical (unpaired) electrons. The summed E-state index contributed by atoms with van der Waals surface area (Å²) in [5, 5.41) is 28.9. The number of rotatable bonds is 8. The number of anilines is 4. The highest BCUT2D eigenvalue weighted by molar-refractivity contribution is 7.22. The molecule has 4 aliphatic carbocycles. The van der Waals surface area contributed by atoms with Crippen LogP contribution in [0.3, 0.4) is 0 Å². The lowest BCUT2D eigenvalue weighted by Gasteiger charge is -2.56. The van der Waals surface area contributed by atoms with Crippen LogP contribution in [0.2, 0.25) is 0 Å². The number of para-hydroxylation sites is 1. The van der Waals surface area contributed by atoms with Crippen LogP contribution in [0, 0.1) is 48.9 Å². The number of nitrogens with zero attached hydrogens (tertiary/aromatic N) is 7. The van der Waals surface area contributed by atoms with Gasteiger partial charge in [0.25, 0.3) is 0 Å². The van der Waals surface area contributed by atoms with Crippen molar-refractivity contribution in [1.29, 1.82) is 0 Å². The lowest BCUT2D eigenvalue weighted by molar-refractivity contribution is -0.0638. The molecule has 5 aromatic rings. The van der Waals surface area contributed by atoms with Gasteiger partial charge in [0.15, 0.2) is 22.5 Å². The van der Waals surface area contributed by atoms with E-state index in [0.29, 0.717) is 41.0 Å². The van der Waals surface area contributed by atoms with Crippen molar-refractivity contribution in [2.75, 3.05) is 16.8 Å². The molecule has 4 saturated carbocycles. The molecule has 5 heterocycles. The quantitative estimate of drug-likeness (QED) is 0.165. The molecule has 4 fully saturated rings. The first-order valence-electron chi connectivity index (χ1n) is 18.2. The van der Waals surface area contributed by atoms with Crippen LogP contribution in [0.4, 0.5) is 22.6 Å². The SMILES string of the molecule is Cc1c(Nc2nc3ccccc3s2)nnc2c1CC(C(C)C)CN2c1ccc(-c2cnn(CC34CC5CC(CC(C5)C3)C4)c2C)c(C(=O)O)n1. The second-order valence-electron chi connectivity index (χ2n) is 16.0. The smallest absolute Gasteiger partial charge is 0.355 e. The number of hydrogen-bond acceptors (Lipinski definition) is 9. The number of carboxylic acids is 1. The molecule has 50 heavy (non-hydrogen) atoms. The van der Waals surface area contributed by atoms with Gasteiger partial charge in [-0.15, -0.1) is 10.2 Å². The second kappa shape index (κ2) is 11.9. The van der Waals surface area contributed by atoms with Gasteiger partial charge in [0, 0.05) is 41.0 Å². The Bertz CT molecular complexity index is 2070. The van der Waals surface area contributed by atoms with E-state index in [9.17, 15) is 9.90 Å². The van der Waals surface area contributed by atoms with E-state index in [2.05, 4.69) is 53.8 Å². The van der Waals surface area contributed by atoms with Crippen molar-refractivity contribution in [1.82, 2.24) is 29.9 Å². The number of fused-ring (bicyclic) bond motifs is 2. The van der Waals surface area contributed by atoms with Gasteiger partial charge in [-0.05, 0) is 118 Å². The third kappa shape index (κ3) is 5.36. The third-order valence-corrected chi connectivity index (χ3v) is 13.3. The highest BCUT2D eigenvalue weighted by atomic mass is 32.1. The molecular weight excluding hydrogens is 645 g/mol. The van der Waals surface area contributed by atoms with Crippen molar-refractivity contribution in [3.05, 3.63) is 65.1 Å². The zero-order valence-electron chi connectivity index (χ0n) is 29.2. The fraction of sp³-hybridized carbons (Fsp3) is 0.487. The van der Waals surface area contributed by atoms with E-state index in [1.165, 1.54) is 38.5 Å². The number of benzene rings is 1. The summed E-state index contributed by atoms with van der Waals surface area (Å²) in [6.07, 6.45) is 10.9. The minimum atomic E-state index is -1.05. The summed E-state index contributed by atoms with van der Waals surface area (Å²) in [5.74, 6) is 4.27. The maximum absolute atomic E-state index is 12.9. The fourth-order valence-corrected chi connectivity index (χ4v) is 11.0. The molecule has 0 spiro atoms. The Morgan fingerprint density at radius 3 is 2.44 bits per heavy atom. The molecule has 11 heteroatoms. The van der Waals surface area contributed by atoms with Crippen LogP contribution in [-0.2, 0) is 13.0 Å². The number of nitrogens with one attached hydrogen (secondary N) is 1. The third-order valence-electron chi connectivity index (χ3n) is 12.3. The first-order chi connectivity index (χ1) is 24.1. The van der Waals surface area contributed by atoms with E-state index < -0.39 is 5.97 Å². The van der Waals surface area contributed by atoms with Crippen molar-refractivity contribution in [3.63, 3.8) is 0 Å². The number of pyridine rings is 1. The minimum absolute atomic E-state index is 0.0342. The predicted molar refractivity (Wildman–Crippen MR) is 196 cm³/mol. The first-order valence-corrected chi connectivity index (χ1v) is 19.0. The highest BCUT2D eigenvalue weighted by Crippen LogP contribution is 2.60. The van der Waals surface area contributed by atoms with E-state index in [-0.39, 0.29) is 5.69 Å². The average Bonchev–Trinajstić information content (AvgIpc) is 3.66. The number of carboxylic acid groups (broad SMARTS) is 1. The van der Waals surface area contributed by atoms with Crippen LogP contribution in [0.25, 0.3) is 21.3 Å². The van der Waals surface area contributed by atoms with Crippen molar-refractivity contribution in [2.24, 2.45) is 35.0 Å². The normalized spacial score (nSPS) is 25.4. The molecule has 1 aliphatic heterocycles. The largest absolute Gasteiger partial charge is 0.476 e. The molecule has 1 aromatic carbocycles. The van der Waals surface area contributed by atoms with Crippen molar-refractivity contribution in [3.8, 4) is 11.1 Å². The van der Waals surface area contributed by atoms with Crippen LogP contribution in [0.1, 0.15) is 79.7 Å². The standard InChI is InChI=1S/C39H44N8O2S/c1-21(2)27-14-29-22(3)35(43-38-41-31-7-5-6-8-32(31)50-38)44-45-36(29)46(19-27)33-10-9-28(34(42-33)37(48)49)30-18-40-47(23(30)4)20-39-15-24-11-25(16-39)13-26(12-24)17-39/h5-10,18,21,24-27H,11-17,19-20H2,1-4H3,(H,48,49)(H,41,43,44). The maximum Gasteiger partial charge on any atom is 0.355 e. The van der Waals surface area contributed by atoms with Gasteiger partial charge in [-0.3, -0.25) is 4.68 Å². The van der Waals surface area contributed by atoms with Gasteiger partial charge in [0.05, 0.1) is 16.4 Å². The van der Waals surface area contributed by atoms with Gasteiger partial charge in [0.2, 0.25) is 0 Å². The van der Waals surface area contributed by atoms with Crippen LogP contribution in [0.5, 0.6) is 0 Å². The van der Waals surface area contributed by atoms with Crippen molar-refractivity contribution >= 4 is 50.1 Å². The lowest BCUT2D eigenvalue weighted by atomic mass is 9.49. The zero-order valence-corrected chi connectivity index (χ0v) is 30.0. The molecule has 4 aromatic heterocycles. The Labute approximate surface area is 296 Å². The predicted octanol–water partition coefficient (Wildman–Crippen LogP) is 8.59. The van der Waals surface area contributed by atoms with Gasteiger partial charge in [-0.2, -0.15) is 5.10 Å². The summed E-state index contributed by atoms with van der Waals surface area (Å²) in [4.78, 5) is 24.5. The molecule has 10 rings (SSSR count). The van der Waals surface area contributed by atoms with Crippen LogP contribution in [-0.4, -0.2) is 47.6 Å². The number of aromatic carboxylic acids is 1. The number of aromatic nitrogens is 6. The van der Waals surface area contributed by atoms with Crippen molar-refractivity contribution in [2.45, 2.75) is 79.2 Å². The minimum Gasteiger partial charge on any atom is -0.476 e. The molecule has 0 saturated heterocycles. The Morgan fingerprint density at radius 2 is 1.74 bits per heavy atom. The maximum atomic E-state index is 12.9. The molecule has 2 N–H and O–H groups in total. The van der Waals surface area contributed by atoms with Gasteiger partial charge in [-0.1, -0.05) is 37.3 Å². The molecule has 10 nitrogen and oxygen atoms in total. The molecular formula is C39H44N8O2S. The molecule has 258 valence electrons. The van der Waals surface area contributed by atoms with Gasteiger partial charge in [-0.25, -0.2) is 14.8 Å². The summed E-state index contributed by atoms with van der Waals surface area (Å²) in [6.45, 7) is 10.2. The van der Waals surface area contributed by atoms with Gasteiger partial charge in [0.1, 0.15) is 5.82 Å². The summed E-state index contributed by atoms with van der Waals surface area (Å²) in [5.41, 5.74) is 5.88. The number of hydrogen-bond donors (Lipinski definition) is 2. The average molecular weight is 689 g/mol. The Morgan fingerprint density at radius 1 is 1.00 bits per heavy atom. The van der Waals surface area contributed by atoms with Crippen molar-refractivity contribution < 1.29 is 9.90 Å². The van der Waals surface area contributed by atoms with E-state index in [1.807, 2.05) is 36.5 Å². The Kier molecular flexibility index (Phi) is 7.49. The topological polar surface area (TPSA) is 122 Å². The molecule has 0 amide bonds. The number of thiazole rings is 1. The zero-order chi connectivity index (χ0) is 34.3. The van der Waals surface area contributed by atoms with E-state index >= 15 is 0 Å². The van der Waals surface area contributed by atoms with Gasteiger partial charge >= 0.3 is 5.97 Å². The summed E-state index contributed by atoms with van der Waals surface area (Å²) in [6, 6.07) is 11.9. The van der Waals surface area contributed by atoms with E-state index in [1.54, 1.807) is 11.3 Å². The van der Waals surface area contributed by atoms with E-state index in [4.69, 9.17) is 20.2 Å². The number of carbonyl (C=O) groups is 1. The summed E-state index contributed by atoms with van der Waals surface area (Å²) >= 11 is 1.59. The van der Waals surface area contributed by atoms with E-state index in [0.717, 1.165) is 74.3 Å². The second-order valence-corrected chi connectivity index (χ2v) is 17.0. The lowest BCUT2D eigenvalue weighted by Crippen LogP contribution is -2.48. The summed E-state index contributed by atoms with van der Waals surface area (Å²) in [7, 11) is 0. The Hall–Kier alpha value is -4.38. The van der Waals surface area contributed by atoms with Crippen LogP contribution < -0.4 is 10.2 Å². The van der Waals surface area contributed by atoms with Crippen LogP contribution in [0.15, 0.2) is 42.6 Å². The monoisotopic (exact) mass is 688 g/mol. The highest BCUT2D eigenvalue weighted by Gasteiger charge is 2.51. The Balaban J connectivity index is 1.04. The molecule has 4 bridgehead atoms. The molecule has 1 unspecified atom stereocenters. The van der Waals surface area contributed by atoms with Gasteiger partial charge < -0.3 is 15.3 Å². The fourth-order valence-electron chi connectivity index (χ4n) is 10.1. The van der Waals surface area contributed by atoms with Crippen LogP contribution >= 0.6 is 11.3 Å². The summed E-state index contributed by atoms with van der Waals surface area (Å²) < 4.78 is 3.26. The first kappa shape index (κ1) is 31.6. The molecule has 1 atom stereocenters. The molecule has 5 aliphatic rings.